The van der Waals surface area contributed by atoms with Crippen LogP contribution in [0.2, 0.25) is 0 Å². The summed E-state index contributed by atoms with van der Waals surface area (Å²) in [4.78, 5) is 38.1. The van der Waals surface area contributed by atoms with E-state index in [1.807, 2.05) is 6.92 Å². The van der Waals surface area contributed by atoms with E-state index in [-0.39, 0.29) is 43.4 Å². The molecule has 0 unspecified atom stereocenters. The van der Waals surface area contributed by atoms with Crippen LogP contribution in [-0.4, -0.2) is 34.8 Å². The lowest BCUT2D eigenvalue weighted by atomic mass is 10.2. The number of carbonyl (C=O) groups excluding carboxylic acids is 2. The molecule has 1 aliphatic rings. The molecule has 1 saturated heterocycles. The summed E-state index contributed by atoms with van der Waals surface area (Å²) in [6, 6.07) is 0. The second-order valence-corrected chi connectivity index (χ2v) is 4.54. The van der Waals surface area contributed by atoms with Crippen molar-refractivity contribution in [3.8, 4) is 5.75 Å². The molecule has 0 aliphatic carbocycles. The SMILES string of the molecule is Cc1c[nH]c(=O)c(C)c1OCCN1C(=O)CCC1=O. The summed E-state index contributed by atoms with van der Waals surface area (Å²) in [7, 11) is 0. The third kappa shape index (κ3) is 2.67. The number of amides is 2. The number of hydrogen-bond acceptors (Lipinski definition) is 4. The first-order valence-electron chi connectivity index (χ1n) is 6.15. The van der Waals surface area contributed by atoms with Gasteiger partial charge in [0.2, 0.25) is 11.8 Å². The minimum atomic E-state index is -0.200. The first-order chi connectivity index (χ1) is 9.00. The summed E-state index contributed by atoms with van der Waals surface area (Å²) in [6.07, 6.45) is 2.14. The third-order valence-electron chi connectivity index (χ3n) is 3.18. The van der Waals surface area contributed by atoms with Gasteiger partial charge in [-0.2, -0.15) is 0 Å². The highest BCUT2D eigenvalue weighted by Gasteiger charge is 2.28. The van der Waals surface area contributed by atoms with Gasteiger partial charge in [0.25, 0.3) is 5.56 Å². The van der Waals surface area contributed by atoms with Crippen LogP contribution in [0.25, 0.3) is 0 Å². The molecule has 0 aromatic carbocycles. The molecule has 2 amide bonds. The van der Waals surface area contributed by atoms with Crippen molar-refractivity contribution < 1.29 is 14.3 Å². The Labute approximate surface area is 110 Å². The minimum Gasteiger partial charge on any atom is -0.491 e. The molecule has 6 heteroatoms. The van der Waals surface area contributed by atoms with Crippen LogP contribution in [0.4, 0.5) is 0 Å². The summed E-state index contributed by atoms with van der Waals surface area (Å²) < 4.78 is 5.54. The second kappa shape index (κ2) is 5.26. The number of aryl methyl sites for hydroxylation is 1. The molecule has 2 heterocycles. The number of imide groups is 1. The zero-order chi connectivity index (χ0) is 14.0. The Balaban J connectivity index is 2.00. The van der Waals surface area contributed by atoms with Crippen molar-refractivity contribution in [2.24, 2.45) is 0 Å². The number of nitrogens with one attached hydrogen (secondary N) is 1. The number of rotatable bonds is 4. The maximum absolute atomic E-state index is 11.5. The van der Waals surface area contributed by atoms with Crippen LogP contribution in [0.1, 0.15) is 24.0 Å². The fourth-order valence-electron chi connectivity index (χ4n) is 2.08. The molecule has 0 radical (unpaired) electrons. The Morgan fingerprint density at radius 3 is 2.47 bits per heavy atom. The van der Waals surface area contributed by atoms with Gasteiger partial charge in [-0.25, -0.2) is 0 Å². The van der Waals surface area contributed by atoms with Gasteiger partial charge in [-0.05, 0) is 13.8 Å². The number of H-pyrrole nitrogens is 1. The van der Waals surface area contributed by atoms with Crippen molar-refractivity contribution >= 4 is 11.8 Å². The first-order valence-corrected chi connectivity index (χ1v) is 6.15. The fraction of sp³-hybridized carbons (Fsp3) is 0.462. The van der Waals surface area contributed by atoms with Crippen LogP contribution in [0, 0.1) is 13.8 Å². The van der Waals surface area contributed by atoms with Crippen LogP contribution < -0.4 is 10.3 Å². The summed E-state index contributed by atoms with van der Waals surface area (Å²) >= 11 is 0. The van der Waals surface area contributed by atoms with Gasteiger partial charge in [-0.15, -0.1) is 0 Å². The smallest absolute Gasteiger partial charge is 0.254 e. The average molecular weight is 264 g/mol. The lowest BCUT2D eigenvalue weighted by Crippen LogP contribution is -2.33. The third-order valence-corrected chi connectivity index (χ3v) is 3.18. The van der Waals surface area contributed by atoms with E-state index >= 15 is 0 Å². The van der Waals surface area contributed by atoms with E-state index in [1.165, 1.54) is 4.90 Å². The number of ether oxygens (including phenoxy) is 1. The Kier molecular flexibility index (Phi) is 3.69. The summed E-state index contributed by atoms with van der Waals surface area (Å²) in [5.41, 5.74) is 1.11. The molecule has 102 valence electrons. The van der Waals surface area contributed by atoms with E-state index in [4.69, 9.17) is 4.74 Å². The van der Waals surface area contributed by atoms with Gasteiger partial charge in [-0.3, -0.25) is 19.3 Å². The van der Waals surface area contributed by atoms with Gasteiger partial charge in [0.05, 0.1) is 12.1 Å². The molecule has 19 heavy (non-hydrogen) atoms. The average Bonchev–Trinajstić information content (AvgIpc) is 2.69. The van der Waals surface area contributed by atoms with E-state index in [0.29, 0.717) is 11.3 Å². The van der Waals surface area contributed by atoms with E-state index in [9.17, 15) is 14.4 Å². The molecule has 2 rings (SSSR count). The van der Waals surface area contributed by atoms with Crippen LogP contribution >= 0.6 is 0 Å². The molecule has 1 aromatic rings. The normalized spacial score (nSPS) is 15.2. The van der Waals surface area contributed by atoms with Crippen molar-refractivity contribution in [1.82, 2.24) is 9.88 Å². The predicted molar refractivity (Wildman–Crippen MR) is 68.0 cm³/mol. The highest BCUT2D eigenvalue weighted by molar-refractivity contribution is 6.01. The largest absolute Gasteiger partial charge is 0.491 e. The number of likely N-dealkylation sites (tertiary alicyclic amines) is 1. The van der Waals surface area contributed by atoms with E-state index in [2.05, 4.69) is 4.98 Å². The fourth-order valence-corrected chi connectivity index (χ4v) is 2.08. The predicted octanol–water partition coefficient (Wildman–Crippen LogP) is 0.520. The number of nitrogens with zero attached hydrogens (tertiary/aromatic N) is 1. The van der Waals surface area contributed by atoms with Crippen molar-refractivity contribution in [3.05, 3.63) is 27.7 Å². The quantitative estimate of drug-likeness (QED) is 0.804. The summed E-state index contributed by atoms with van der Waals surface area (Å²) in [5.74, 6) is 0.198. The lowest BCUT2D eigenvalue weighted by Gasteiger charge is -2.16. The van der Waals surface area contributed by atoms with Crippen LogP contribution in [0.15, 0.2) is 11.0 Å². The number of aromatic amines is 1. The molecule has 0 bridgehead atoms. The molecule has 1 aliphatic heterocycles. The van der Waals surface area contributed by atoms with Crippen molar-refractivity contribution in [2.45, 2.75) is 26.7 Å². The molecule has 0 saturated carbocycles. The molecule has 0 atom stereocenters. The zero-order valence-electron chi connectivity index (χ0n) is 11.0. The zero-order valence-corrected chi connectivity index (χ0v) is 11.0. The van der Waals surface area contributed by atoms with Crippen LogP contribution in [-0.2, 0) is 9.59 Å². The topological polar surface area (TPSA) is 79.5 Å². The Morgan fingerprint density at radius 2 is 1.84 bits per heavy atom. The molecule has 1 fully saturated rings. The minimum absolute atomic E-state index is 0.159. The molecule has 1 N–H and O–H groups in total. The molecule has 0 spiro atoms. The van der Waals surface area contributed by atoms with Crippen LogP contribution in [0.5, 0.6) is 5.75 Å². The van der Waals surface area contributed by atoms with Gasteiger partial charge in [0.15, 0.2) is 0 Å². The summed E-state index contributed by atoms with van der Waals surface area (Å²) in [5, 5.41) is 0. The summed E-state index contributed by atoms with van der Waals surface area (Å²) in [6.45, 7) is 3.92. The number of carbonyl (C=O) groups is 2. The van der Waals surface area contributed by atoms with Gasteiger partial charge >= 0.3 is 0 Å². The maximum Gasteiger partial charge on any atom is 0.254 e. The molecular weight excluding hydrogens is 248 g/mol. The van der Waals surface area contributed by atoms with E-state index in [0.717, 1.165) is 5.56 Å². The van der Waals surface area contributed by atoms with Gasteiger partial charge < -0.3 is 9.72 Å². The Morgan fingerprint density at radius 1 is 1.21 bits per heavy atom. The Hall–Kier alpha value is -2.11. The number of hydrogen-bond donors (Lipinski definition) is 1. The van der Waals surface area contributed by atoms with Crippen molar-refractivity contribution in [2.75, 3.05) is 13.2 Å². The Bertz CT molecular complexity index is 560. The van der Waals surface area contributed by atoms with E-state index in [1.54, 1.807) is 13.1 Å². The number of pyridine rings is 1. The van der Waals surface area contributed by atoms with Gasteiger partial charge in [0, 0.05) is 24.6 Å². The number of aromatic nitrogens is 1. The van der Waals surface area contributed by atoms with Gasteiger partial charge in [0.1, 0.15) is 12.4 Å². The van der Waals surface area contributed by atoms with Gasteiger partial charge in [-0.1, -0.05) is 0 Å². The van der Waals surface area contributed by atoms with E-state index < -0.39 is 0 Å². The highest BCUT2D eigenvalue weighted by atomic mass is 16.5. The molecule has 6 nitrogen and oxygen atoms in total. The van der Waals surface area contributed by atoms with Crippen LogP contribution in [0.3, 0.4) is 0 Å². The maximum atomic E-state index is 11.5. The standard InChI is InChI=1S/C13H16N2O4/c1-8-7-14-13(18)9(2)12(8)19-6-5-15-10(16)3-4-11(15)17/h7H,3-6H2,1-2H3,(H,14,18). The lowest BCUT2D eigenvalue weighted by molar-refractivity contribution is -0.138. The monoisotopic (exact) mass is 264 g/mol. The van der Waals surface area contributed by atoms with Crippen molar-refractivity contribution in [1.29, 1.82) is 0 Å². The second-order valence-electron chi connectivity index (χ2n) is 4.54. The first kappa shape index (κ1) is 13.3. The molecular formula is C13H16N2O4. The highest BCUT2D eigenvalue weighted by Crippen LogP contribution is 2.18. The molecule has 1 aromatic heterocycles. The van der Waals surface area contributed by atoms with Crippen molar-refractivity contribution in [3.63, 3.8) is 0 Å².